The van der Waals surface area contributed by atoms with Crippen LogP contribution in [0, 0.1) is 13.8 Å². The second-order valence-electron chi connectivity index (χ2n) is 8.97. The third-order valence-corrected chi connectivity index (χ3v) is 11.4. The maximum atomic E-state index is 5.05. The van der Waals surface area contributed by atoms with Gasteiger partial charge in [-0.25, -0.2) is 9.97 Å². The molecule has 0 atom stereocenters. The third-order valence-electron chi connectivity index (χ3n) is 6.51. The Kier molecular flexibility index (Phi) is 6.85. The van der Waals surface area contributed by atoms with E-state index in [-0.39, 0.29) is 0 Å². The first-order valence-electron chi connectivity index (χ1n) is 12.1. The Morgan fingerprint density at radius 2 is 0.969 bits per heavy atom. The lowest BCUT2D eigenvalue weighted by atomic mass is 10.0. The van der Waals surface area contributed by atoms with Gasteiger partial charge in [0.15, 0.2) is 0 Å². The van der Waals surface area contributed by atoms with Gasteiger partial charge in [-0.1, -0.05) is 52.4 Å². The fraction of sp³-hybridized carbons (Fsp3) is 0.538. The maximum absolute atomic E-state index is 5.05. The molecule has 0 radical (unpaired) electrons. The smallest absolute Gasteiger partial charge is 0.135 e. The lowest BCUT2D eigenvalue weighted by Crippen LogP contribution is -1.84. The van der Waals surface area contributed by atoms with Gasteiger partial charge in [-0.05, 0) is 50.7 Å². The largest absolute Gasteiger partial charge is 0.230 e. The molecule has 2 nitrogen and oxygen atoms in total. The molecule has 5 rings (SSSR count). The molecule has 1 aromatic carbocycles. The highest BCUT2D eigenvalue weighted by Crippen LogP contribution is 2.49. The zero-order valence-corrected chi connectivity index (χ0v) is 22.9. The molecule has 0 saturated heterocycles. The molecular formula is C26H32N2S4. The average molecular weight is 501 g/mol. The molecule has 0 N–H and O–H groups in total. The fourth-order valence-electron chi connectivity index (χ4n) is 4.71. The molecule has 170 valence electrons. The molecule has 0 spiro atoms. The van der Waals surface area contributed by atoms with Crippen molar-refractivity contribution in [3.8, 4) is 0 Å². The molecule has 6 heteroatoms. The van der Waals surface area contributed by atoms with Crippen LogP contribution in [0.4, 0.5) is 0 Å². The van der Waals surface area contributed by atoms with Gasteiger partial charge in [0.25, 0.3) is 0 Å². The molecule has 0 aliphatic rings. The summed E-state index contributed by atoms with van der Waals surface area (Å²) in [5.41, 5.74) is 2.88. The van der Waals surface area contributed by atoms with E-state index in [1.807, 2.05) is 45.3 Å². The summed E-state index contributed by atoms with van der Waals surface area (Å²) in [7, 11) is 0. The fourth-order valence-corrected chi connectivity index (χ4v) is 9.98. The summed E-state index contributed by atoms with van der Waals surface area (Å²) in [4.78, 5) is 12.6. The van der Waals surface area contributed by atoms with Crippen molar-refractivity contribution in [2.75, 3.05) is 0 Å². The highest BCUT2D eigenvalue weighted by Gasteiger charge is 2.22. The van der Waals surface area contributed by atoms with Crippen LogP contribution in [-0.2, 0) is 12.8 Å². The van der Waals surface area contributed by atoms with Crippen molar-refractivity contribution in [1.29, 1.82) is 0 Å². The van der Waals surface area contributed by atoms with Gasteiger partial charge >= 0.3 is 0 Å². The Labute approximate surface area is 206 Å². The van der Waals surface area contributed by atoms with E-state index in [1.165, 1.54) is 112 Å². The Bertz CT molecular complexity index is 1270. The zero-order valence-electron chi connectivity index (χ0n) is 19.6. The van der Waals surface area contributed by atoms with Crippen LogP contribution in [-0.4, -0.2) is 9.97 Å². The summed E-state index contributed by atoms with van der Waals surface area (Å²) in [6, 6.07) is 0. The van der Waals surface area contributed by atoms with Crippen LogP contribution in [0.5, 0.6) is 0 Å². The van der Waals surface area contributed by atoms with E-state index in [9.17, 15) is 0 Å². The SMILES string of the molecule is CCCCCCc1nc2sc3c(C)c4c(sc5nc(CCCCCC)sc54)c(C)c3c2s1. The molecule has 4 heterocycles. The first-order valence-corrected chi connectivity index (χ1v) is 15.4. The molecule has 0 fully saturated rings. The van der Waals surface area contributed by atoms with Gasteiger partial charge in [0, 0.05) is 20.2 Å². The summed E-state index contributed by atoms with van der Waals surface area (Å²) < 4.78 is 5.72. The Balaban J connectivity index is 1.53. The first kappa shape index (κ1) is 22.7. The van der Waals surface area contributed by atoms with Crippen LogP contribution >= 0.6 is 45.3 Å². The first-order chi connectivity index (χ1) is 15.6. The molecule has 4 aromatic heterocycles. The lowest BCUT2D eigenvalue weighted by molar-refractivity contribution is 0.666. The highest BCUT2D eigenvalue weighted by molar-refractivity contribution is 7.34. The number of hydrogen-bond acceptors (Lipinski definition) is 6. The number of hydrogen-bond donors (Lipinski definition) is 0. The van der Waals surface area contributed by atoms with Gasteiger partial charge in [-0.3, -0.25) is 0 Å². The molecule has 5 aromatic rings. The predicted molar refractivity (Wildman–Crippen MR) is 149 cm³/mol. The highest BCUT2D eigenvalue weighted by atomic mass is 32.1. The van der Waals surface area contributed by atoms with Crippen molar-refractivity contribution in [3.63, 3.8) is 0 Å². The standard InChI is InChI=1S/C26H32N2S4/c1-5-7-9-11-13-17-27-25-23(29-17)19-15(3)22-20(16(4)21(19)31-25)24-26(32-22)28-18(30-24)14-12-10-8-6-2/h5-14H2,1-4H3. The number of thiazole rings is 2. The van der Waals surface area contributed by atoms with Gasteiger partial charge < -0.3 is 0 Å². The Morgan fingerprint density at radius 1 is 0.531 bits per heavy atom. The van der Waals surface area contributed by atoms with Crippen LogP contribution in [0.2, 0.25) is 0 Å². The molecule has 32 heavy (non-hydrogen) atoms. The van der Waals surface area contributed by atoms with E-state index in [4.69, 9.17) is 9.97 Å². The number of fused-ring (bicyclic) bond motifs is 6. The maximum Gasteiger partial charge on any atom is 0.135 e. The Morgan fingerprint density at radius 3 is 1.38 bits per heavy atom. The predicted octanol–water partition coefficient (Wildman–Crippen LogP) is 10.2. The van der Waals surface area contributed by atoms with Crippen LogP contribution in [0.25, 0.3) is 39.2 Å². The number of unbranched alkanes of at least 4 members (excludes halogenated alkanes) is 6. The number of nitrogens with zero attached hydrogens (tertiary/aromatic N) is 2. The van der Waals surface area contributed by atoms with Gasteiger partial charge in [0.2, 0.25) is 0 Å². The molecule has 0 unspecified atom stereocenters. The number of aryl methyl sites for hydroxylation is 4. The van der Waals surface area contributed by atoms with E-state index in [0.717, 1.165) is 12.8 Å². The van der Waals surface area contributed by atoms with Crippen molar-refractivity contribution >= 4 is 84.6 Å². The quantitative estimate of drug-likeness (QED) is 0.178. The van der Waals surface area contributed by atoms with Crippen LogP contribution in [0.3, 0.4) is 0 Å². The van der Waals surface area contributed by atoms with Crippen molar-refractivity contribution in [1.82, 2.24) is 9.97 Å². The van der Waals surface area contributed by atoms with Gasteiger partial charge in [0.05, 0.1) is 19.4 Å². The monoisotopic (exact) mass is 500 g/mol. The van der Waals surface area contributed by atoms with Gasteiger partial charge in [0.1, 0.15) is 9.66 Å². The van der Waals surface area contributed by atoms with E-state index < -0.39 is 0 Å². The van der Waals surface area contributed by atoms with Crippen molar-refractivity contribution in [2.24, 2.45) is 0 Å². The summed E-state index contributed by atoms with van der Waals surface area (Å²) >= 11 is 7.69. The van der Waals surface area contributed by atoms with Crippen LogP contribution in [0.1, 0.15) is 86.4 Å². The Hall–Kier alpha value is -1.08. The minimum absolute atomic E-state index is 1.13. The number of aromatic nitrogens is 2. The van der Waals surface area contributed by atoms with Crippen molar-refractivity contribution in [3.05, 3.63) is 21.1 Å². The van der Waals surface area contributed by atoms with E-state index in [1.54, 1.807) is 0 Å². The van der Waals surface area contributed by atoms with E-state index >= 15 is 0 Å². The number of benzene rings is 1. The summed E-state index contributed by atoms with van der Waals surface area (Å²) in [6.45, 7) is 9.19. The number of rotatable bonds is 10. The van der Waals surface area contributed by atoms with Crippen molar-refractivity contribution in [2.45, 2.75) is 91.9 Å². The van der Waals surface area contributed by atoms with Crippen LogP contribution < -0.4 is 0 Å². The van der Waals surface area contributed by atoms with Gasteiger partial charge in [-0.2, -0.15) is 0 Å². The van der Waals surface area contributed by atoms with E-state index in [0.29, 0.717) is 0 Å². The normalized spacial score (nSPS) is 12.4. The molecular weight excluding hydrogens is 469 g/mol. The molecule has 0 saturated carbocycles. The second-order valence-corrected chi connectivity index (χ2v) is 13.1. The average Bonchev–Trinajstić information content (AvgIpc) is 3.51. The summed E-state index contributed by atoms with van der Waals surface area (Å²) in [5, 5.41) is 5.56. The minimum Gasteiger partial charge on any atom is -0.230 e. The van der Waals surface area contributed by atoms with Gasteiger partial charge in [-0.15, -0.1) is 45.3 Å². The number of thiophene rings is 2. The van der Waals surface area contributed by atoms with Crippen LogP contribution in [0.15, 0.2) is 0 Å². The molecule has 0 amide bonds. The van der Waals surface area contributed by atoms with E-state index in [2.05, 4.69) is 27.7 Å². The summed E-state index contributed by atoms with van der Waals surface area (Å²) in [5.74, 6) is 0. The second kappa shape index (κ2) is 9.65. The minimum atomic E-state index is 1.13. The third kappa shape index (κ3) is 4.02. The summed E-state index contributed by atoms with van der Waals surface area (Å²) in [6.07, 6.45) is 12.7. The molecule has 0 aliphatic carbocycles. The lowest BCUT2D eigenvalue weighted by Gasteiger charge is -2.04. The topological polar surface area (TPSA) is 25.8 Å². The molecule has 0 bridgehead atoms. The molecule has 0 aliphatic heterocycles. The van der Waals surface area contributed by atoms with Crippen molar-refractivity contribution < 1.29 is 0 Å². The zero-order chi connectivity index (χ0) is 22.2.